The number of carbonyl (C=O) groups is 1. The maximum Gasteiger partial charge on any atom is 0.240 e. The molecule has 1 aliphatic rings. The fourth-order valence-corrected chi connectivity index (χ4v) is 3.34. The van der Waals surface area contributed by atoms with Gasteiger partial charge < -0.3 is 11.1 Å². The van der Waals surface area contributed by atoms with E-state index in [0.29, 0.717) is 0 Å². The molecule has 5 nitrogen and oxygen atoms in total. The van der Waals surface area contributed by atoms with Crippen molar-refractivity contribution in [2.75, 3.05) is 0 Å². The molecule has 0 aliphatic heterocycles. The number of aromatic nitrogens is 2. The van der Waals surface area contributed by atoms with E-state index in [1.54, 1.807) is 23.0 Å². The number of nitrogens with two attached hydrogens (primary N) is 1. The molecule has 1 atom stereocenters. The first-order chi connectivity index (χ1) is 11.4. The molecule has 7 heteroatoms. The number of hydrogen-bond donors (Lipinski definition) is 2. The largest absolute Gasteiger partial charge is 0.348 e. The normalized spacial score (nSPS) is 17.0. The molecule has 136 valence electrons. The van der Waals surface area contributed by atoms with Crippen LogP contribution >= 0.6 is 12.4 Å². The molecule has 1 fully saturated rings. The summed E-state index contributed by atoms with van der Waals surface area (Å²) in [5, 5.41) is 7.39. The minimum atomic E-state index is -0.741. The first-order valence-corrected chi connectivity index (χ1v) is 8.31. The van der Waals surface area contributed by atoms with Gasteiger partial charge in [0.15, 0.2) is 0 Å². The number of nitrogens with one attached hydrogen (secondary N) is 1. The molecule has 1 unspecified atom stereocenters. The van der Waals surface area contributed by atoms with Gasteiger partial charge in [0.05, 0.1) is 23.5 Å². The molecule has 0 saturated heterocycles. The molecule has 0 spiro atoms. The molecule has 3 N–H and O–H groups in total. The number of rotatable bonds is 4. The molecule has 2 aromatic rings. The Morgan fingerprint density at radius 2 is 1.92 bits per heavy atom. The van der Waals surface area contributed by atoms with Crippen molar-refractivity contribution in [2.45, 2.75) is 51.1 Å². The molecule has 0 bridgehead atoms. The predicted octanol–water partition coefficient (Wildman–Crippen LogP) is 3.19. The van der Waals surface area contributed by atoms with E-state index in [-0.39, 0.29) is 30.2 Å². The molecule has 1 aliphatic carbocycles. The van der Waals surface area contributed by atoms with Crippen LogP contribution in [-0.2, 0) is 4.79 Å². The minimum Gasteiger partial charge on any atom is -0.348 e. The monoisotopic (exact) mass is 366 g/mol. The van der Waals surface area contributed by atoms with E-state index in [2.05, 4.69) is 10.4 Å². The van der Waals surface area contributed by atoms with E-state index < -0.39 is 5.54 Å². The van der Waals surface area contributed by atoms with Crippen LogP contribution in [-0.4, -0.2) is 21.2 Å². The quantitative estimate of drug-likeness (QED) is 0.872. The smallest absolute Gasteiger partial charge is 0.240 e. The van der Waals surface area contributed by atoms with E-state index in [4.69, 9.17) is 5.73 Å². The minimum absolute atomic E-state index is 0. The van der Waals surface area contributed by atoms with Gasteiger partial charge in [0.25, 0.3) is 0 Å². The second-order valence-electron chi connectivity index (χ2n) is 6.63. The van der Waals surface area contributed by atoms with Crippen LogP contribution in [0.4, 0.5) is 4.39 Å². The van der Waals surface area contributed by atoms with E-state index in [9.17, 15) is 9.18 Å². The Bertz CT molecular complexity index is 738. The summed E-state index contributed by atoms with van der Waals surface area (Å²) < 4.78 is 14.8. The number of hydrogen-bond acceptors (Lipinski definition) is 3. The van der Waals surface area contributed by atoms with Crippen molar-refractivity contribution in [1.82, 2.24) is 15.1 Å². The number of amides is 1. The van der Waals surface area contributed by atoms with Gasteiger partial charge in [-0.1, -0.05) is 12.8 Å². The summed E-state index contributed by atoms with van der Waals surface area (Å²) in [5.74, 6) is -0.379. The van der Waals surface area contributed by atoms with Crippen LogP contribution in [0.1, 0.15) is 49.9 Å². The second-order valence-corrected chi connectivity index (χ2v) is 6.63. The topological polar surface area (TPSA) is 72.9 Å². The van der Waals surface area contributed by atoms with Crippen LogP contribution in [0.2, 0.25) is 0 Å². The summed E-state index contributed by atoms with van der Waals surface area (Å²) in [4.78, 5) is 12.5. The van der Waals surface area contributed by atoms with Gasteiger partial charge in [-0.05, 0) is 51.0 Å². The molecule has 1 aromatic carbocycles. The van der Waals surface area contributed by atoms with Gasteiger partial charge in [-0.3, -0.25) is 4.79 Å². The Hall–Kier alpha value is -1.92. The van der Waals surface area contributed by atoms with Crippen LogP contribution in [0.5, 0.6) is 0 Å². The summed E-state index contributed by atoms with van der Waals surface area (Å²) in [6, 6.07) is 5.97. The van der Waals surface area contributed by atoms with Gasteiger partial charge in [-0.25, -0.2) is 9.07 Å². The molecule has 1 heterocycles. The van der Waals surface area contributed by atoms with Crippen LogP contribution in [0, 0.1) is 12.7 Å². The number of carbonyl (C=O) groups excluding carboxylic acids is 1. The highest BCUT2D eigenvalue weighted by Gasteiger charge is 2.37. The lowest BCUT2D eigenvalue weighted by Gasteiger charge is -2.25. The Morgan fingerprint density at radius 1 is 1.32 bits per heavy atom. The van der Waals surface area contributed by atoms with Crippen LogP contribution < -0.4 is 11.1 Å². The van der Waals surface area contributed by atoms with Gasteiger partial charge in [-0.15, -0.1) is 12.4 Å². The molecule has 0 radical (unpaired) electrons. The van der Waals surface area contributed by atoms with E-state index in [0.717, 1.165) is 42.6 Å². The van der Waals surface area contributed by atoms with E-state index in [1.165, 1.54) is 12.1 Å². The van der Waals surface area contributed by atoms with Gasteiger partial charge in [0.2, 0.25) is 5.91 Å². The Morgan fingerprint density at radius 3 is 2.52 bits per heavy atom. The highest BCUT2D eigenvalue weighted by molar-refractivity contribution is 5.86. The first-order valence-electron chi connectivity index (χ1n) is 8.31. The lowest BCUT2D eigenvalue weighted by molar-refractivity contribution is -0.126. The molecular formula is C18H24ClFN4O. The van der Waals surface area contributed by atoms with Crippen molar-refractivity contribution < 1.29 is 9.18 Å². The lowest BCUT2D eigenvalue weighted by Crippen LogP contribution is -2.52. The summed E-state index contributed by atoms with van der Waals surface area (Å²) >= 11 is 0. The summed E-state index contributed by atoms with van der Waals surface area (Å²) in [5.41, 5.74) is 8.08. The van der Waals surface area contributed by atoms with Crippen molar-refractivity contribution in [1.29, 1.82) is 0 Å². The second kappa shape index (κ2) is 7.54. The third-order valence-corrected chi connectivity index (χ3v) is 4.88. The highest BCUT2D eigenvalue weighted by Crippen LogP contribution is 2.28. The predicted molar refractivity (Wildman–Crippen MR) is 97.5 cm³/mol. The number of halogens is 2. The number of benzene rings is 1. The highest BCUT2D eigenvalue weighted by atomic mass is 35.5. The van der Waals surface area contributed by atoms with Gasteiger partial charge in [-0.2, -0.15) is 5.10 Å². The average Bonchev–Trinajstić information content (AvgIpc) is 3.15. The van der Waals surface area contributed by atoms with Gasteiger partial charge >= 0.3 is 0 Å². The number of nitrogens with zero attached hydrogens (tertiary/aromatic N) is 2. The molecule has 1 saturated carbocycles. The maximum absolute atomic E-state index is 13.1. The van der Waals surface area contributed by atoms with Crippen molar-refractivity contribution in [3.05, 3.63) is 47.5 Å². The molecule has 1 aromatic heterocycles. The SMILES string of the molecule is Cc1c(C(C)NC(=O)C2(N)CCCC2)cnn1-c1ccc(F)cc1.Cl. The summed E-state index contributed by atoms with van der Waals surface area (Å²) in [7, 11) is 0. The van der Waals surface area contributed by atoms with Crippen molar-refractivity contribution >= 4 is 18.3 Å². The zero-order valence-electron chi connectivity index (χ0n) is 14.5. The molecular weight excluding hydrogens is 343 g/mol. The Labute approximate surface area is 153 Å². The average molecular weight is 367 g/mol. The van der Waals surface area contributed by atoms with Crippen molar-refractivity contribution in [2.24, 2.45) is 5.73 Å². The van der Waals surface area contributed by atoms with Gasteiger partial charge in [0.1, 0.15) is 5.82 Å². The zero-order chi connectivity index (χ0) is 17.3. The third kappa shape index (κ3) is 3.85. The Kier molecular flexibility index (Phi) is 5.85. The Balaban J connectivity index is 0.00000225. The third-order valence-electron chi connectivity index (χ3n) is 4.88. The summed E-state index contributed by atoms with van der Waals surface area (Å²) in [6.45, 7) is 3.86. The van der Waals surface area contributed by atoms with E-state index in [1.807, 2.05) is 13.8 Å². The maximum atomic E-state index is 13.1. The zero-order valence-corrected chi connectivity index (χ0v) is 15.3. The van der Waals surface area contributed by atoms with Crippen LogP contribution in [0.3, 0.4) is 0 Å². The molecule has 1 amide bonds. The van der Waals surface area contributed by atoms with E-state index >= 15 is 0 Å². The fraction of sp³-hybridized carbons (Fsp3) is 0.444. The standard InChI is InChI=1S/C18H23FN4O.ClH/c1-12(22-17(24)18(20)9-3-4-10-18)16-11-21-23(13(16)2)15-7-5-14(19)6-8-15;/h5-8,11-12H,3-4,9-10,20H2,1-2H3,(H,22,24);1H. The molecule has 25 heavy (non-hydrogen) atoms. The van der Waals surface area contributed by atoms with Crippen LogP contribution in [0.25, 0.3) is 5.69 Å². The first kappa shape index (κ1) is 19.4. The van der Waals surface area contributed by atoms with Gasteiger partial charge in [0, 0.05) is 11.3 Å². The fourth-order valence-electron chi connectivity index (χ4n) is 3.34. The van der Waals surface area contributed by atoms with Crippen molar-refractivity contribution in [3.63, 3.8) is 0 Å². The van der Waals surface area contributed by atoms with Crippen molar-refractivity contribution in [3.8, 4) is 5.69 Å². The van der Waals surface area contributed by atoms with Crippen LogP contribution in [0.15, 0.2) is 30.5 Å². The lowest BCUT2D eigenvalue weighted by atomic mass is 9.97. The molecule has 3 rings (SSSR count). The summed E-state index contributed by atoms with van der Waals surface area (Å²) in [6.07, 6.45) is 5.21.